The summed E-state index contributed by atoms with van der Waals surface area (Å²) in [6.07, 6.45) is 6.81. The minimum absolute atomic E-state index is 0.0212. The SMILES string of the molecule is [3H]C(=O)CC/C(C)=C/CC/C(C)=C/CO[Si](c1ccccc1)(c1ccccc1)C(C)(C)C. The van der Waals surface area contributed by atoms with Gasteiger partial charge in [-0.3, -0.25) is 0 Å². The molecule has 0 spiro atoms. The molecule has 0 amide bonds. The van der Waals surface area contributed by atoms with E-state index in [-0.39, 0.29) is 5.04 Å². The zero-order valence-electron chi connectivity index (χ0n) is 20.8. The van der Waals surface area contributed by atoms with Gasteiger partial charge in [0.05, 0.1) is 6.61 Å². The molecule has 0 aromatic heterocycles. The van der Waals surface area contributed by atoms with E-state index in [0.717, 1.165) is 12.8 Å². The molecule has 0 saturated heterocycles. The fourth-order valence-electron chi connectivity index (χ4n) is 4.07. The number of carbonyl (C=O) groups excluding carboxylic acids is 1. The van der Waals surface area contributed by atoms with E-state index in [1.54, 1.807) is 0 Å². The molecular formula is C28H38O2Si. The Hall–Kier alpha value is -2.23. The predicted molar refractivity (Wildman–Crippen MR) is 136 cm³/mol. The summed E-state index contributed by atoms with van der Waals surface area (Å²) in [6, 6.07) is 21.4. The van der Waals surface area contributed by atoms with Gasteiger partial charge in [0.25, 0.3) is 8.32 Å². The Morgan fingerprint density at radius 2 is 1.35 bits per heavy atom. The van der Waals surface area contributed by atoms with Crippen LogP contribution in [0.1, 0.15) is 61.7 Å². The molecule has 0 radical (unpaired) electrons. The Morgan fingerprint density at radius 3 is 1.84 bits per heavy atom. The van der Waals surface area contributed by atoms with Crippen LogP contribution < -0.4 is 10.4 Å². The van der Waals surface area contributed by atoms with E-state index in [1.807, 2.05) is 6.92 Å². The molecule has 2 aromatic carbocycles. The third-order valence-corrected chi connectivity index (χ3v) is 10.8. The molecular weight excluding hydrogens is 396 g/mol. The van der Waals surface area contributed by atoms with E-state index >= 15 is 0 Å². The lowest BCUT2D eigenvalue weighted by Gasteiger charge is -2.42. The zero-order chi connectivity index (χ0) is 23.6. The topological polar surface area (TPSA) is 26.3 Å². The lowest BCUT2D eigenvalue weighted by Crippen LogP contribution is -2.66. The Kier molecular flexibility index (Phi) is 9.05. The van der Waals surface area contributed by atoms with Crippen molar-refractivity contribution in [1.82, 2.24) is 0 Å². The fourth-order valence-corrected chi connectivity index (χ4v) is 8.56. The Bertz CT molecular complexity index is 872. The summed E-state index contributed by atoms with van der Waals surface area (Å²) in [6.45, 7) is 11.7. The summed E-state index contributed by atoms with van der Waals surface area (Å²) in [5.41, 5.74) is 2.49. The first-order valence-electron chi connectivity index (χ1n) is 11.7. The summed E-state index contributed by atoms with van der Waals surface area (Å²) in [7, 11) is -2.49. The van der Waals surface area contributed by atoms with Gasteiger partial charge < -0.3 is 9.22 Å². The van der Waals surface area contributed by atoms with E-state index < -0.39 is 14.6 Å². The first-order valence-corrected chi connectivity index (χ1v) is 13.1. The molecule has 0 atom stereocenters. The molecule has 166 valence electrons. The van der Waals surface area contributed by atoms with E-state index in [4.69, 9.17) is 5.80 Å². The molecule has 0 N–H and O–H groups in total. The Labute approximate surface area is 191 Å². The van der Waals surface area contributed by atoms with Crippen molar-refractivity contribution in [2.75, 3.05) is 6.61 Å². The largest absolute Gasteiger partial charge is 0.404 e. The van der Waals surface area contributed by atoms with Gasteiger partial charge in [-0.25, -0.2) is 0 Å². The Morgan fingerprint density at radius 1 is 0.871 bits per heavy atom. The van der Waals surface area contributed by atoms with Crippen molar-refractivity contribution in [3.63, 3.8) is 0 Å². The molecule has 0 aliphatic heterocycles. The van der Waals surface area contributed by atoms with Gasteiger partial charge in [0.15, 0.2) is 0 Å². The van der Waals surface area contributed by atoms with Crippen LogP contribution in [-0.4, -0.2) is 21.2 Å². The monoisotopic (exact) mass is 436 g/mol. The summed E-state index contributed by atoms with van der Waals surface area (Å²) in [5.74, 6) is 0. The van der Waals surface area contributed by atoms with Gasteiger partial charge in [-0.1, -0.05) is 105 Å². The minimum Gasteiger partial charge on any atom is -0.404 e. The van der Waals surface area contributed by atoms with Crippen LogP contribution in [0.4, 0.5) is 0 Å². The zero-order valence-corrected chi connectivity index (χ0v) is 20.8. The van der Waals surface area contributed by atoms with Crippen molar-refractivity contribution in [1.29, 1.82) is 0 Å². The van der Waals surface area contributed by atoms with E-state index in [0.29, 0.717) is 19.4 Å². The highest BCUT2D eigenvalue weighted by Crippen LogP contribution is 2.36. The van der Waals surface area contributed by atoms with Gasteiger partial charge >= 0.3 is 0 Å². The van der Waals surface area contributed by atoms with Crippen molar-refractivity contribution in [3.8, 4) is 0 Å². The maximum absolute atomic E-state index is 10.8. The maximum atomic E-state index is 10.8. The van der Waals surface area contributed by atoms with Crippen molar-refractivity contribution < 1.29 is 10.6 Å². The van der Waals surface area contributed by atoms with E-state index in [2.05, 4.69) is 101 Å². The maximum Gasteiger partial charge on any atom is 0.261 e. The van der Waals surface area contributed by atoms with Crippen LogP contribution >= 0.6 is 0 Å². The van der Waals surface area contributed by atoms with Crippen LogP contribution in [0, 0.1) is 0 Å². The van der Waals surface area contributed by atoms with E-state index in [9.17, 15) is 4.79 Å². The smallest absolute Gasteiger partial charge is 0.261 e. The van der Waals surface area contributed by atoms with Crippen LogP contribution in [0.5, 0.6) is 0 Å². The van der Waals surface area contributed by atoms with Gasteiger partial charge in [0.2, 0.25) is 0 Å². The number of hydrogen-bond donors (Lipinski definition) is 0. The third kappa shape index (κ3) is 6.88. The number of allylic oxidation sites excluding steroid dienone is 3. The highest BCUT2D eigenvalue weighted by molar-refractivity contribution is 6.99. The van der Waals surface area contributed by atoms with Crippen molar-refractivity contribution in [3.05, 3.63) is 84.0 Å². The minimum atomic E-state index is -2.49. The average molecular weight is 437 g/mol. The number of hydrogen-bond acceptors (Lipinski definition) is 2. The van der Waals surface area contributed by atoms with Gasteiger partial charge in [-0.05, 0) is 48.5 Å². The summed E-state index contributed by atoms with van der Waals surface area (Å²) < 4.78 is 13.9. The second-order valence-corrected chi connectivity index (χ2v) is 13.6. The van der Waals surface area contributed by atoms with Crippen LogP contribution in [-0.2, 0) is 9.22 Å². The number of benzene rings is 2. The molecule has 0 aliphatic rings. The standard InChI is InChI=1S/C28H38O2Si/c1-24(16-13-22-29)14-12-15-25(2)21-23-30-31(28(3,4)5,26-17-8-6-9-18-26)27-19-10-7-11-20-27/h6-11,14,17-22H,12-13,15-16,23H2,1-5H3/b24-14+,25-21+/i22T. The van der Waals surface area contributed by atoms with Gasteiger partial charge in [-0.2, -0.15) is 0 Å². The van der Waals surface area contributed by atoms with Crippen molar-refractivity contribution in [2.24, 2.45) is 0 Å². The number of carbonyl (C=O) groups is 1. The molecule has 0 fully saturated rings. The van der Waals surface area contributed by atoms with Gasteiger partial charge in [-0.15, -0.1) is 0 Å². The van der Waals surface area contributed by atoms with Crippen LogP contribution in [0.2, 0.25) is 5.04 Å². The lowest BCUT2D eigenvalue weighted by molar-refractivity contribution is -0.107. The van der Waals surface area contributed by atoms with Crippen molar-refractivity contribution in [2.45, 2.75) is 65.3 Å². The normalized spacial score (nSPS) is 13.8. The fraction of sp³-hybridized carbons (Fsp3) is 0.393. The molecule has 3 heteroatoms. The first kappa shape index (κ1) is 23.4. The van der Waals surface area contributed by atoms with Gasteiger partial charge in [0, 0.05) is 6.42 Å². The average Bonchev–Trinajstić information content (AvgIpc) is 2.75. The first-order chi connectivity index (χ1) is 15.2. The predicted octanol–water partition coefficient (Wildman–Crippen LogP) is 6.21. The van der Waals surface area contributed by atoms with Crippen LogP contribution in [0.15, 0.2) is 84.0 Å². The molecule has 31 heavy (non-hydrogen) atoms. The van der Waals surface area contributed by atoms with Crippen LogP contribution in [0.3, 0.4) is 0 Å². The quantitative estimate of drug-likeness (QED) is 0.238. The molecule has 2 rings (SSSR count). The third-order valence-electron chi connectivity index (χ3n) is 5.80. The van der Waals surface area contributed by atoms with E-state index in [1.165, 1.54) is 21.5 Å². The second kappa shape index (κ2) is 12.0. The molecule has 2 nitrogen and oxygen atoms in total. The molecule has 0 unspecified atom stereocenters. The lowest BCUT2D eigenvalue weighted by atomic mass is 10.1. The summed E-state index contributed by atoms with van der Waals surface area (Å²) in [4.78, 5) is 10.8. The Balaban J connectivity index is 2.17. The highest BCUT2D eigenvalue weighted by Gasteiger charge is 2.49. The van der Waals surface area contributed by atoms with Crippen LogP contribution in [0.25, 0.3) is 0 Å². The highest BCUT2D eigenvalue weighted by atomic mass is 28.4. The number of rotatable bonds is 11. The molecule has 0 heterocycles. The molecule has 0 aliphatic carbocycles. The second-order valence-electron chi connectivity index (χ2n) is 9.26. The number of aldehydes is 1. The summed E-state index contributed by atoms with van der Waals surface area (Å²) >= 11 is 0. The van der Waals surface area contributed by atoms with Crippen molar-refractivity contribution >= 4 is 25.0 Å². The summed E-state index contributed by atoms with van der Waals surface area (Å²) in [5, 5.41) is 2.58. The molecule has 0 bridgehead atoms. The van der Waals surface area contributed by atoms with Gasteiger partial charge in [0.1, 0.15) is 7.63 Å². The molecule has 0 saturated carbocycles. The molecule has 2 aromatic rings.